The van der Waals surface area contributed by atoms with Crippen molar-refractivity contribution in [2.24, 2.45) is 0 Å². The summed E-state index contributed by atoms with van der Waals surface area (Å²) in [4.78, 5) is 45.2. The molecule has 6 aromatic rings. The second kappa shape index (κ2) is 13.3. The Morgan fingerprint density at radius 1 is 0.500 bits per heavy atom. The van der Waals surface area contributed by atoms with Gasteiger partial charge in [0.15, 0.2) is 5.65 Å². The summed E-state index contributed by atoms with van der Waals surface area (Å²) in [6.45, 7) is 5.62. The third-order valence-corrected chi connectivity index (χ3v) is 8.15. The third-order valence-electron chi connectivity index (χ3n) is 8.15. The first-order valence-corrected chi connectivity index (χ1v) is 15.9. The van der Waals surface area contributed by atoms with E-state index >= 15 is 0 Å². The number of hydrogen-bond acceptors (Lipinski definition) is 6. The van der Waals surface area contributed by atoms with Gasteiger partial charge in [0.1, 0.15) is 11.4 Å². The van der Waals surface area contributed by atoms with Gasteiger partial charge in [-0.1, -0.05) is 88.8 Å². The van der Waals surface area contributed by atoms with Crippen molar-refractivity contribution in [2.45, 2.75) is 65.2 Å². The van der Waals surface area contributed by atoms with Crippen molar-refractivity contribution in [3.05, 3.63) is 72.1 Å². The average Bonchev–Trinajstić information content (AvgIpc) is 3.05. The van der Waals surface area contributed by atoms with Crippen molar-refractivity contribution in [2.75, 3.05) is 13.1 Å². The molecule has 224 valence electrons. The van der Waals surface area contributed by atoms with Crippen molar-refractivity contribution in [1.82, 2.24) is 30.6 Å². The Balaban J connectivity index is 1.36. The lowest BCUT2D eigenvalue weighted by atomic mass is 10.1. The minimum absolute atomic E-state index is 0.177. The largest absolute Gasteiger partial charge is 0.351 e. The molecule has 0 spiro atoms. The summed E-state index contributed by atoms with van der Waals surface area (Å²) in [5.74, 6) is -0.354. The van der Waals surface area contributed by atoms with Crippen LogP contribution in [0.25, 0.3) is 54.6 Å². The van der Waals surface area contributed by atoms with Crippen LogP contribution in [0.5, 0.6) is 0 Å². The number of pyridine rings is 4. The Morgan fingerprint density at radius 3 is 1.36 bits per heavy atom. The van der Waals surface area contributed by atoms with Crippen LogP contribution in [0.3, 0.4) is 0 Å². The minimum Gasteiger partial charge on any atom is -0.351 e. The van der Waals surface area contributed by atoms with Gasteiger partial charge in [0.05, 0.1) is 22.1 Å². The predicted octanol–water partition coefficient (Wildman–Crippen LogP) is 7.65. The summed E-state index contributed by atoms with van der Waals surface area (Å²) in [6.07, 6.45) is 8.76. The lowest BCUT2D eigenvalue weighted by Crippen LogP contribution is -2.25. The van der Waals surface area contributed by atoms with E-state index in [0.29, 0.717) is 52.2 Å². The predicted molar refractivity (Wildman–Crippen MR) is 178 cm³/mol. The van der Waals surface area contributed by atoms with E-state index in [1.807, 2.05) is 36.4 Å². The van der Waals surface area contributed by atoms with Gasteiger partial charge in [-0.2, -0.15) is 0 Å². The van der Waals surface area contributed by atoms with Crippen molar-refractivity contribution in [1.29, 1.82) is 0 Å². The number of rotatable bonds is 12. The van der Waals surface area contributed by atoms with E-state index in [2.05, 4.69) is 36.6 Å². The first-order chi connectivity index (χ1) is 21.6. The van der Waals surface area contributed by atoms with E-state index in [1.165, 1.54) is 12.8 Å². The Kier molecular flexibility index (Phi) is 8.86. The molecule has 2 N–H and O–H groups in total. The fraction of sp³-hybridized carbons (Fsp3) is 0.333. The Hall–Kier alpha value is -4.72. The maximum atomic E-state index is 12.9. The van der Waals surface area contributed by atoms with Crippen LogP contribution in [-0.4, -0.2) is 44.8 Å². The molecule has 4 aromatic heterocycles. The molecule has 6 rings (SSSR count). The van der Waals surface area contributed by atoms with Gasteiger partial charge in [0.2, 0.25) is 0 Å². The number of benzene rings is 2. The van der Waals surface area contributed by atoms with Gasteiger partial charge < -0.3 is 10.6 Å². The van der Waals surface area contributed by atoms with Crippen molar-refractivity contribution < 1.29 is 9.59 Å². The first-order valence-electron chi connectivity index (χ1n) is 15.9. The van der Waals surface area contributed by atoms with Crippen LogP contribution < -0.4 is 10.6 Å². The molecule has 0 bridgehead atoms. The van der Waals surface area contributed by atoms with Crippen LogP contribution in [0.4, 0.5) is 0 Å². The van der Waals surface area contributed by atoms with Crippen LogP contribution in [-0.2, 0) is 0 Å². The number of hydrogen-bond donors (Lipinski definition) is 2. The van der Waals surface area contributed by atoms with Gasteiger partial charge in [-0.25, -0.2) is 19.9 Å². The van der Waals surface area contributed by atoms with E-state index in [-0.39, 0.29) is 11.8 Å². The van der Waals surface area contributed by atoms with E-state index in [4.69, 9.17) is 19.9 Å². The number of carbonyl (C=O) groups excluding carboxylic acids is 2. The fourth-order valence-electron chi connectivity index (χ4n) is 5.66. The molecular formula is C36H38N6O2. The standard InChI is InChI=1S/C36H38N6O2/c1-3-5-7-9-19-37-35(43)28-17-15-23-11-13-25-21-27-22-26-14-12-24-16-18-29(36(44)38-20-10-8-6-4-2)40-31(24)33(26)42-34(27)41-32(25)30(23)39-28/h11-18,21-22H,3-10,19-20H2,1-2H3,(H,37,43)(H,38,44). The molecule has 44 heavy (non-hydrogen) atoms. The summed E-state index contributed by atoms with van der Waals surface area (Å²) in [5, 5.41) is 10.5. The van der Waals surface area contributed by atoms with Gasteiger partial charge in [-0.15, -0.1) is 0 Å². The van der Waals surface area contributed by atoms with Crippen LogP contribution in [0.15, 0.2) is 60.7 Å². The Morgan fingerprint density at radius 2 is 0.909 bits per heavy atom. The van der Waals surface area contributed by atoms with E-state index in [1.54, 1.807) is 12.1 Å². The summed E-state index contributed by atoms with van der Waals surface area (Å²) in [7, 11) is 0. The number of fused-ring (bicyclic) bond motifs is 7. The third kappa shape index (κ3) is 6.16. The van der Waals surface area contributed by atoms with Crippen LogP contribution in [0.2, 0.25) is 0 Å². The number of aromatic nitrogens is 4. The molecular weight excluding hydrogens is 548 g/mol. The molecule has 2 amide bonds. The summed E-state index contributed by atoms with van der Waals surface area (Å²) < 4.78 is 0. The summed E-state index contributed by atoms with van der Waals surface area (Å²) in [5.41, 5.74) is 4.02. The highest BCUT2D eigenvalue weighted by molar-refractivity contribution is 6.11. The number of nitrogens with zero attached hydrogens (tertiary/aromatic N) is 4. The molecule has 0 atom stereocenters. The van der Waals surface area contributed by atoms with Gasteiger partial charge >= 0.3 is 0 Å². The van der Waals surface area contributed by atoms with Gasteiger partial charge in [-0.3, -0.25) is 9.59 Å². The average molecular weight is 587 g/mol. The number of carbonyl (C=O) groups is 2. The zero-order chi connectivity index (χ0) is 30.5. The zero-order valence-corrected chi connectivity index (χ0v) is 25.4. The van der Waals surface area contributed by atoms with Gasteiger partial charge in [0.25, 0.3) is 11.8 Å². The van der Waals surface area contributed by atoms with Crippen LogP contribution >= 0.6 is 0 Å². The van der Waals surface area contributed by atoms with Crippen molar-refractivity contribution >= 4 is 66.5 Å². The molecule has 0 aliphatic rings. The van der Waals surface area contributed by atoms with E-state index in [0.717, 1.165) is 65.5 Å². The summed E-state index contributed by atoms with van der Waals surface area (Å²) >= 11 is 0. The second-order valence-corrected chi connectivity index (χ2v) is 11.5. The molecule has 0 saturated carbocycles. The maximum absolute atomic E-state index is 12.9. The van der Waals surface area contributed by atoms with Crippen molar-refractivity contribution in [3.63, 3.8) is 0 Å². The molecule has 8 heteroatoms. The number of unbranched alkanes of at least 4 members (excludes halogenated alkanes) is 6. The van der Waals surface area contributed by atoms with Crippen LogP contribution in [0.1, 0.15) is 86.2 Å². The van der Waals surface area contributed by atoms with Crippen molar-refractivity contribution in [3.8, 4) is 0 Å². The normalized spacial score (nSPS) is 11.6. The quantitative estimate of drug-likeness (QED) is 0.0866. The molecule has 0 radical (unpaired) electrons. The lowest BCUT2D eigenvalue weighted by molar-refractivity contribution is 0.0940. The molecule has 8 nitrogen and oxygen atoms in total. The highest BCUT2D eigenvalue weighted by atomic mass is 16.2. The van der Waals surface area contributed by atoms with Gasteiger partial charge in [-0.05, 0) is 37.1 Å². The van der Waals surface area contributed by atoms with E-state index < -0.39 is 0 Å². The highest BCUT2D eigenvalue weighted by Crippen LogP contribution is 2.30. The monoisotopic (exact) mass is 586 g/mol. The molecule has 2 aromatic carbocycles. The van der Waals surface area contributed by atoms with E-state index in [9.17, 15) is 9.59 Å². The molecule has 0 aliphatic heterocycles. The zero-order valence-electron chi connectivity index (χ0n) is 25.4. The lowest BCUT2D eigenvalue weighted by Gasteiger charge is -2.10. The Bertz CT molecular complexity index is 1860. The molecule has 0 fully saturated rings. The molecule has 0 saturated heterocycles. The molecule has 0 unspecified atom stereocenters. The number of nitrogens with one attached hydrogen (secondary N) is 2. The number of amides is 2. The molecule has 4 heterocycles. The maximum Gasteiger partial charge on any atom is 0.269 e. The molecule has 0 aliphatic carbocycles. The summed E-state index contributed by atoms with van der Waals surface area (Å²) in [6, 6.07) is 19.6. The fourth-order valence-corrected chi connectivity index (χ4v) is 5.66. The topological polar surface area (TPSA) is 110 Å². The van der Waals surface area contributed by atoms with Gasteiger partial charge in [0, 0.05) is 40.0 Å². The highest BCUT2D eigenvalue weighted by Gasteiger charge is 2.14. The first kappa shape index (κ1) is 29.4. The second-order valence-electron chi connectivity index (χ2n) is 11.5. The SMILES string of the molecule is CCCCCCNC(=O)c1ccc2ccc3cc4cc5ccc6ccc(C(=O)NCCCCCC)nc6c5nc4nc3c2n1. The van der Waals surface area contributed by atoms with Crippen LogP contribution in [0, 0.1) is 0 Å². The minimum atomic E-state index is -0.177. The smallest absolute Gasteiger partial charge is 0.269 e. The Labute approximate surface area is 256 Å².